The Morgan fingerprint density at radius 1 is 1.30 bits per heavy atom. The summed E-state index contributed by atoms with van der Waals surface area (Å²) in [6.07, 6.45) is 0.443. The summed E-state index contributed by atoms with van der Waals surface area (Å²) in [5, 5.41) is 3.42. The van der Waals surface area contributed by atoms with Crippen LogP contribution < -0.4 is 15.0 Å². The maximum atomic E-state index is 12.3. The monoisotopic (exact) mass is 276 g/mol. The van der Waals surface area contributed by atoms with E-state index in [2.05, 4.69) is 26.1 Å². The van der Waals surface area contributed by atoms with E-state index in [-0.39, 0.29) is 5.91 Å². The number of benzene rings is 1. The van der Waals surface area contributed by atoms with Crippen molar-refractivity contribution in [1.29, 1.82) is 0 Å². The van der Waals surface area contributed by atoms with Crippen LogP contribution in [-0.2, 0) is 4.79 Å². The number of hydrogen-bond donors (Lipinski definition) is 1. The van der Waals surface area contributed by atoms with E-state index in [1.807, 2.05) is 29.2 Å². The van der Waals surface area contributed by atoms with Gasteiger partial charge >= 0.3 is 0 Å². The van der Waals surface area contributed by atoms with E-state index >= 15 is 0 Å². The zero-order valence-electron chi connectivity index (χ0n) is 12.6. The molecule has 0 radical (unpaired) electrons. The number of anilines is 1. The first-order chi connectivity index (χ1) is 9.58. The second-order valence-corrected chi connectivity index (χ2v) is 5.74. The molecule has 0 aromatic heterocycles. The van der Waals surface area contributed by atoms with Gasteiger partial charge in [0.25, 0.3) is 0 Å². The van der Waals surface area contributed by atoms with Crippen molar-refractivity contribution in [3.8, 4) is 5.75 Å². The summed E-state index contributed by atoms with van der Waals surface area (Å²) in [4.78, 5) is 14.1. The molecule has 0 saturated heterocycles. The van der Waals surface area contributed by atoms with Gasteiger partial charge in [0, 0.05) is 12.6 Å². The van der Waals surface area contributed by atoms with Gasteiger partial charge in [-0.2, -0.15) is 0 Å². The van der Waals surface area contributed by atoms with E-state index in [0.29, 0.717) is 25.0 Å². The van der Waals surface area contributed by atoms with Crippen LogP contribution in [0.5, 0.6) is 5.75 Å². The fourth-order valence-corrected chi connectivity index (χ4v) is 2.33. The molecule has 1 heterocycles. The van der Waals surface area contributed by atoms with Crippen molar-refractivity contribution in [1.82, 2.24) is 5.32 Å². The zero-order chi connectivity index (χ0) is 14.5. The number of ether oxygens (including phenoxy) is 1. The number of nitrogens with one attached hydrogen (secondary N) is 1. The molecule has 2 rings (SSSR count). The summed E-state index contributed by atoms with van der Waals surface area (Å²) in [5.41, 5.74) is 0.895. The Labute approximate surface area is 121 Å². The van der Waals surface area contributed by atoms with Gasteiger partial charge in [-0.1, -0.05) is 32.9 Å². The van der Waals surface area contributed by atoms with Gasteiger partial charge in [0.2, 0.25) is 5.91 Å². The van der Waals surface area contributed by atoms with Crippen LogP contribution in [0.3, 0.4) is 0 Å². The average Bonchev–Trinajstić information content (AvgIpc) is 2.57. The molecule has 1 amide bonds. The Kier molecular flexibility index (Phi) is 5.01. The topological polar surface area (TPSA) is 41.6 Å². The molecule has 0 spiro atoms. The zero-order valence-corrected chi connectivity index (χ0v) is 12.6. The first-order valence-electron chi connectivity index (χ1n) is 7.33. The Hall–Kier alpha value is -1.55. The highest BCUT2D eigenvalue weighted by Gasteiger charge is 2.24. The third-order valence-electron chi connectivity index (χ3n) is 3.40. The summed E-state index contributed by atoms with van der Waals surface area (Å²) in [7, 11) is 0. The molecule has 4 heteroatoms. The molecule has 0 fully saturated rings. The number of para-hydroxylation sites is 2. The van der Waals surface area contributed by atoms with E-state index in [1.165, 1.54) is 0 Å². The number of carbonyl (C=O) groups excluding carboxylic acids is 1. The van der Waals surface area contributed by atoms with Crippen LogP contribution in [0, 0.1) is 5.92 Å². The van der Waals surface area contributed by atoms with Gasteiger partial charge in [-0.3, -0.25) is 4.79 Å². The third kappa shape index (κ3) is 3.73. The van der Waals surface area contributed by atoms with Crippen molar-refractivity contribution in [3.63, 3.8) is 0 Å². The van der Waals surface area contributed by atoms with Gasteiger partial charge in [-0.25, -0.2) is 0 Å². The standard InChI is InChI=1S/C16H24N2O2/c1-12(2)17-10-13(3)11-18-14-6-4-5-7-15(14)20-9-8-16(18)19/h4-7,12-13,17H,8-11H2,1-3H3. The highest BCUT2D eigenvalue weighted by Crippen LogP contribution is 2.31. The number of amides is 1. The highest BCUT2D eigenvalue weighted by atomic mass is 16.5. The van der Waals surface area contributed by atoms with Crippen LogP contribution in [0.2, 0.25) is 0 Å². The Morgan fingerprint density at radius 3 is 2.80 bits per heavy atom. The fraction of sp³-hybridized carbons (Fsp3) is 0.562. The number of hydrogen-bond acceptors (Lipinski definition) is 3. The van der Waals surface area contributed by atoms with Crippen molar-refractivity contribution in [2.24, 2.45) is 5.92 Å². The lowest BCUT2D eigenvalue weighted by Crippen LogP contribution is -2.38. The van der Waals surface area contributed by atoms with Crippen LogP contribution in [0.1, 0.15) is 27.2 Å². The molecule has 20 heavy (non-hydrogen) atoms. The molecule has 4 nitrogen and oxygen atoms in total. The van der Waals surface area contributed by atoms with Crippen LogP contribution in [-0.4, -0.2) is 31.6 Å². The Morgan fingerprint density at radius 2 is 2.05 bits per heavy atom. The lowest BCUT2D eigenvalue weighted by atomic mass is 10.1. The maximum Gasteiger partial charge on any atom is 0.230 e. The van der Waals surface area contributed by atoms with Crippen LogP contribution in [0.4, 0.5) is 5.69 Å². The Balaban J connectivity index is 2.10. The molecule has 1 unspecified atom stereocenters. The summed E-state index contributed by atoms with van der Waals surface area (Å²) in [5.74, 6) is 1.35. The molecule has 1 aliphatic rings. The first kappa shape index (κ1) is 14.9. The lowest BCUT2D eigenvalue weighted by Gasteiger charge is -2.26. The second-order valence-electron chi connectivity index (χ2n) is 5.74. The van der Waals surface area contributed by atoms with Crippen LogP contribution in [0.25, 0.3) is 0 Å². The molecule has 1 aromatic carbocycles. The highest BCUT2D eigenvalue weighted by molar-refractivity contribution is 5.95. The minimum Gasteiger partial charge on any atom is -0.491 e. The quantitative estimate of drug-likeness (QED) is 0.898. The minimum atomic E-state index is 0.145. The molecule has 1 aromatic rings. The number of rotatable bonds is 5. The summed E-state index contributed by atoms with van der Waals surface area (Å²) < 4.78 is 5.65. The fourth-order valence-electron chi connectivity index (χ4n) is 2.33. The van der Waals surface area contributed by atoms with E-state index in [4.69, 9.17) is 4.74 Å². The van der Waals surface area contributed by atoms with Gasteiger partial charge in [-0.15, -0.1) is 0 Å². The van der Waals surface area contributed by atoms with Gasteiger partial charge in [0.05, 0.1) is 18.7 Å². The molecule has 1 aliphatic heterocycles. The van der Waals surface area contributed by atoms with Gasteiger partial charge < -0.3 is 15.0 Å². The predicted octanol–water partition coefficient (Wildman–Crippen LogP) is 2.44. The molecular weight excluding hydrogens is 252 g/mol. The molecule has 1 atom stereocenters. The second kappa shape index (κ2) is 6.75. The average molecular weight is 276 g/mol. The van der Waals surface area contributed by atoms with Crippen molar-refractivity contribution in [3.05, 3.63) is 24.3 Å². The number of nitrogens with zero attached hydrogens (tertiary/aromatic N) is 1. The summed E-state index contributed by atoms with van der Waals surface area (Å²) >= 11 is 0. The van der Waals surface area contributed by atoms with Gasteiger partial charge in [0.15, 0.2) is 0 Å². The molecule has 0 bridgehead atoms. The van der Waals surface area contributed by atoms with Crippen LogP contribution in [0.15, 0.2) is 24.3 Å². The number of carbonyl (C=O) groups is 1. The van der Waals surface area contributed by atoms with Crippen LogP contribution >= 0.6 is 0 Å². The molecule has 1 N–H and O–H groups in total. The van der Waals surface area contributed by atoms with Gasteiger partial charge in [-0.05, 0) is 24.6 Å². The smallest absolute Gasteiger partial charge is 0.230 e. The first-order valence-corrected chi connectivity index (χ1v) is 7.33. The van der Waals surface area contributed by atoms with Crippen molar-refractivity contribution >= 4 is 11.6 Å². The van der Waals surface area contributed by atoms with E-state index < -0.39 is 0 Å². The normalized spacial score (nSPS) is 16.6. The predicted molar refractivity (Wildman–Crippen MR) is 81.2 cm³/mol. The Bertz CT molecular complexity index is 460. The van der Waals surface area contributed by atoms with Crippen molar-refractivity contribution in [2.75, 3.05) is 24.6 Å². The molecule has 110 valence electrons. The SMILES string of the molecule is CC(CNC(C)C)CN1C(=O)CCOc2ccccc21. The summed E-state index contributed by atoms with van der Waals surface area (Å²) in [6.45, 7) is 8.52. The van der Waals surface area contributed by atoms with Crippen molar-refractivity contribution < 1.29 is 9.53 Å². The van der Waals surface area contributed by atoms with E-state index in [9.17, 15) is 4.79 Å². The molecule has 0 aliphatic carbocycles. The molecule has 0 saturated carbocycles. The maximum absolute atomic E-state index is 12.3. The van der Waals surface area contributed by atoms with E-state index in [1.54, 1.807) is 0 Å². The minimum absolute atomic E-state index is 0.145. The molecular formula is C16H24N2O2. The van der Waals surface area contributed by atoms with Crippen molar-refractivity contribution in [2.45, 2.75) is 33.2 Å². The largest absolute Gasteiger partial charge is 0.491 e. The van der Waals surface area contributed by atoms with Gasteiger partial charge in [0.1, 0.15) is 5.75 Å². The number of fused-ring (bicyclic) bond motifs is 1. The summed E-state index contributed by atoms with van der Waals surface area (Å²) in [6, 6.07) is 8.24. The third-order valence-corrected chi connectivity index (χ3v) is 3.40. The van der Waals surface area contributed by atoms with E-state index in [0.717, 1.165) is 24.5 Å². The lowest BCUT2D eigenvalue weighted by molar-refractivity contribution is -0.118.